The quantitative estimate of drug-likeness (QED) is 0.698. The van der Waals surface area contributed by atoms with Gasteiger partial charge in [-0.2, -0.15) is 4.31 Å². The zero-order valence-corrected chi connectivity index (χ0v) is 19.1. The van der Waals surface area contributed by atoms with Gasteiger partial charge in [-0.15, -0.1) is 0 Å². The van der Waals surface area contributed by atoms with E-state index in [-0.39, 0.29) is 49.4 Å². The predicted molar refractivity (Wildman–Crippen MR) is 122 cm³/mol. The van der Waals surface area contributed by atoms with Crippen LogP contribution in [0.4, 0.5) is 0 Å². The van der Waals surface area contributed by atoms with Crippen LogP contribution in [0, 0.1) is 0 Å². The Hall–Kier alpha value is -2.97. The summed E-state index contributed by atoms with van der Waals surface area (Å²) in [7, 11) is -3.61. The van der Waals surface area contributed by atoms with Gasteiger partial charge in [0.25, 0.3) is 5.91 Å². The minimum absolute atomic E-state index is 0.101. The number of benzene rings is 2. The first-order chi connectivity index (χ1) is 15.2. The average Bonchev–Trinajstić information content (AvgIpc) is 3.04. The number of carbonyl (C=O) groups is 2. The molecule has 1 saturated heterocycles. The topological polar surface area (TPSA) is 78.0 Å². The maximum atomic E-state index is 13.0. The van der Waals surface area contributed by atoms with Gasteiger partial charge in [0, 0.05) is 43.0 Å². The molecule has 32 heavy (non-hydrogen) atoms. The van der Waals surface area contributed by atoms with Crippen molar-refractivity contribution in [3.05, 3.63) is 71.8 Å². The number of rotatable bonds is 5. The van der Waals surface area contributed by atoms with Crippen LogP contribution in [0.15, 0.2) is 60.0 Å². The molecule has 1 fully saturated rings. The summed E-state index contributed by atoms with van der Waals surface area (Å²) in [6.45, 7) is 8.98. The molecule has 0 aliphatic carbocycles. The second-order valence-corrected chi connectivity index (χ2v) is 10.3. The summed E-state index contributed by atoms with van der Waals surface area (Å²) in [5, 5.41) is 0. The van der Waals surface area contributed by atoms with Crippen LogP contribution < -0.4 is 0 Å². The first-order valence-electron chi connectivity index (χ1n) is 10.7. The van der Waals surface area contributed by atoms with Gasteiger partial charge in [-0.05, 0) is 29.7 Å². The standard InChI is InChI=1S/C24H27N3O4S/c1-17(2)19-8-10-20(11-9-19)32(30,31)26-14-12-25(13-15-26)23(28)16-27-18(3)21-6-4-5-7-22(21)24(27)29/h4-11,17H,3,12-16H2,1-2H3. The van der Waals surface area contributed by atoms with Gasteiger partial charge in [0.15, 0.2) is 0 Å². The maximum absolute atomic E-state index is 13.0. The number of carbonyl (C=O) groups excluding carboxylic acids is 2. The molecule has 2 aliphatic heterocycles. The van der Waals surface area contributed by atoms with Crippen molar-refractivity contribution in [2.75, 3.05) is 32.7 Å². The highest BCUT2D eigenvalue weighted by Gasteiger charge is 2.35. The summed E-state index contributed by atoms with van der Waals surface area (Å²) in [5.74, 6) is -0.122. The minimum Gasteiger partial charge on any atom is -0.338 e. The van der Waals surface area contributed by atoms with E-state index in [4.69, 9.17) is 0 Å². The van der Waals surface area contributed by atoms with E-state index < -0.39 is 10.0 Å². The van der Waals surface area contributed by atoms with Gasteiger partial charge in [-0.1, -0.05) is 50.8 Å². The average molecular weight is 454 g/mol. The number of hydrogen-bond acceptors (Lipinski definition) is 4. The van der Waals surface area contributed by atoms with Crippen LogP contribution in [0.3, 0.4) is 0 Å². The lowest BCUT2D eigenvalue weighted by Crippen LogP contribution is -2.52. The first kappa shape index (κ1) is 22.2. The summed E-state index contributed by atoms with van der Waals surface area (Å²) in [6, 6.07) is 14.1. The highest BCUT2D eigenvalue weighted by atomic mass is 32.2. The zero-order valence-electron chi connectivity index (χ0n) is 18.3. The molecule has 168 valence electrons. The second-order valence-electron chi connectivity index (χ2n) is 8.39. The SMILES string of the molecule is C=C1c2ccccc2C(=O)N1CC(=O)N1CCN(S(=O)(=O)c2ccc(C(C)C)cc2)CC1. The molecule has 8 heteroatoms. The first-order valence-corrected chi connectivity index (χ1v) is 12.1. The van der Waals surface area contributed by atoms with E-state index in [1.807, 2.05) is 24.3 Å². The molecule has 0 spiro atoms. The lowest BCUT2D eigenvalue weighted by atomic mass is 10.0. The molecule has 0 radical (unpaired) electrons. The van der Waals surface area contributed by atoms with Gasteiger partial charge in [0.05, 0.1) is 4.90 Å². The molecule has 0 aromatic heterocycles. The molecule has 0 bridgehead atoms. The highest BCUT2D eigenvalue weighted by Crippen LogP contribution is 2.31. The Morgan fingerprint density at radius 2 is 1.56 bits per heavy atom. The van der Waals surface area contributed by atoms with Gasteiger partial charge in [-0.3, -0.25) is 14.5 Å². The third-order valence-electron chi connectivity index (χ3n) is 6.11. The van der Waals surface area contributed by atoms with Crippen LogP contribution >= 0.6 is 0 Å². The molecule has 0 atom stereocenters. The monoisotopic (exact) mass is 453 g/mol. The predicted octanol–water partition coefficient (Wildman–Crippen LogP) is 2.77. The van der Waals surface area contributed by atoms with Crippen molar-refractivity contribution in [2.24, 2.45) is 0 Å². The third kappa shape index (κ3) is 3.96. The second kappa shape index (κ2) is 8.52. The van der Waals surface area contributed by atoms with Crippen LogP contribution in [-0.2, 0) is 14.8 Å². The van der Waals surface area contributed by atoms with Crippen molar-refractivity contribution in [1.29, 1.82) is 0 Å². The third-order valence-corrected chi connectivity index (χ3v) is 8.02. The van der Waals surface area contributed by atoms with E-state index in [2.05, 4.69) is 20.4 Å². The molecule has 2 amide bonds. The Morgan fingerprint density at radius 3 is 2.12 bits per heavy atom. The molecule has 0 saturated carbocycles. The van der Waals surface area contributed by atoms with Crippen LogP contribution in [0.25, 0.3) is 5.70 Å². The molecule has 2 aromatic carbocycles. The lowest BCUT2D eigenvalue weighted by Gasteiger charge is -2.34. The fourth-order valence-electron chi connectivity index (χ4n) is 4.09. The lowest BCUT2D eigenvalue weighted by molar-refractivity contribution is -0.132. The van der Waals surface area contributed by atoms with E-state index in [1.54, 1.807) is 29.2 Å². The molecule has 4 rings (SSSR count). The normalized spacial score (nSPS) is 17.2. The molecule has 7 nitrogen and oxygen atoms in total. The summed E-state index contributed by atoms with van der Waals surface area (Å²) >= 11 is 0. The van der Waals surface area contributed by atoms with Crippen molar-refractivity contribution in [3.8, 4) is 0 Å². The summed E-state index contributed by atoms with van der Waals surface area (Å²) in [5.41, 5.74) is 2.89. The molecular formula is C24H27N3O4S. The van der Waals surface area contributed by atoms with Crippen molar-refractivity contribution >= 4 is 27.5 Å². The highest BCUT2D eigenvalue weighted by molar-refractivity contribution is 7.89. The summed E-state index contributed by atoms with van der Waals surface area (Å²) in [4.78, 5) is 28.8. The molecule has 0 N–H and O–H groups in total. The Morgan fingerprint density at radius 1 is 0.969 bits per heavy atom. The number of hydrogen-bond donors (Lipinski definition) is 0. The van der Waals surface area contributed by atoms with Crippen LogP contribution in [-0.4, -0.2) is 67.1 Å². The number of sulfonamides is 1. The molecular weight excluding hydrogens is 426 g/mol. The summed E-state index contributed by atoms with van der Waals surface area (Å²) in [6.07, 6.45) is 0. The number of amides is 2. The van der Waals surface area contributed by atoms with Crippen molar-refractivity contribution < 1.29 is 18.0 Å². The fourth-order valence-corrected chi connectivity index (χ4v) is 5.51. The Balaban J connectivity index is 1.38. The molecule has 2 aromatic rings. The van der Waals surface area contributed by atoms with Crippen LogP contribution in [0.1, 0.15) is 41.3 Å². The van der Waals surface area contributed by atoms with Gasteiger partial charge in [0.2, 0.25) is 15.9 Å². The Kier molecular flexibility index (Phi) is 5.92. The fraction of sp³-hybridized carbons (Fsp3) is 0.333. The van der Waals surface area contributed by atoms with Gasteiger partial charge >= 0.3 is 0 Å². The molecule has 2 aliphatic rings. The number of nitrogens with zero attached hydrogens (tertiary/aromatic N) is 3. The van der Waals surface area contributed by atoms with Crippen LogP contribution in [0.5, 0.6) is 0 Å². The smallest absolute Gasteiger partial charge is 0.259 e. The van der Waals surface area contributed by atoms with Gasteiger partial charge in [-0.25, -0.2) is 8.42 Å². The Bertz CT molecular complexity index is 1130. The van der Waals surface area contributed by atoms with E-state index >= 15 is 0 Å². The van der Waals surface area contributed by atoms with Crippen molar-refractivity contribution in [2.45, 2.75) is 24.7 Å². The van der Waals surface area contributed by atoms with E-state index in [1.165, 1.54) is 9.21 Å². The minimum atomic E-state index is -3.61. The number of piperazine rings is 1. The molecule has 2 heterocycles. The van der Waals surface area contributed by atoms with Crippen molar-refractivity contribution in [3.63, 3.8) is 0 Å². The molecule has 0 unspecified atom stereocenters. The zero-order chi connectivity index (χ0) is 23.0. The largest absolute Gasteiger partial charge is 0.338 e. The summed E-state index contributed by atoms with van der Waals surface area (Å²) < 4.78 is 27.4. The van der Waals surface area contributed by atoms with E-state index in [9.17, 15) is 18.0 Å². The van der Waals surface area contributed by atoms with E-state index in [0.29, 0.717) is 17.2 Å². The number of fused-ring (bicyclic) bond motifs is 1. The van der Waals surface area contributed by atoms with Crippen molar-refractivity contribution in [1.82, 2.24) is 14.1 Å². The van der Waals surface area contributed by atoms with Gasteiger partial charge < -0.3 is 4.90 Å². The van der Waals surface area contributed by atoms with Gasteiger partial charge in [0.1, 0.15) is 6.54 Å². The van der Waals surface area contributed by atoms with E-state index in [0.717, 1.165) is 11.1 Å². The Labute approximate surface area is 189 Å². The van der Waals surface area contributed by atoms with Crippen LogP contribution in [0.2, 0.25) is 0 Å². The maximum Gasteiger partial charge on any atom is 0.259 e.